The van der Waals surface area contributed by atoms with E-state index in [1.807, 2.05) is 30.3 Å². The monoisotopic (exact) mass is 264 g/mol. The van der Waals surface area contributed by atoms with Gasteiger partial charge >= 0.3 is 0 Å². The summed E-state index contributed by atoms with van der Waals surface area (Å²) in [6, 6.07) is 8.32. The molecule has 0 spiro atoms. The number of ether oxygens (including phenoxy) is 1. The molecule has 0 bridgehead atoms. The Labute approximate surface area is 110 Å². The first-order chi connectivity index (χ1) is 9.11. The lowest BCUT2D eigenvalue weighted by Crippen LogP contribution is -2.71. The van der Waals surface area contributed by atoms with Crippen LogP contribution in [0.25, 0.3) is 0 Å². The summed E-state index contributed by atoms with van der Waals surface area (Å²) < 4.78 is 5.23. The molecule has 0 unspecified atom stereocenters. The Bertz CT molecular complexity index is 477. The van der Waals surface area contributed by atoms with E-state index in [0.717, 1.165) is 5.56 Å². The fourth-order valence-corrected chi connectivity index (χ4v) is 2.04. The van der Waals surface area contributed by atoms with E-state index in [1.165, 1.54) is 7.11 Å². The highest BCUT2D eigenvalue weighted by Crippen LogP contribution is 2.18. The largest absolute Gasteiger partial charge is 0.394 e. The van der Waals surface area contributed by atoms with Gasteiger partial charge in [0.15, 0.2) is 0 Å². The zero-order valence-electron chi connectivity index (χ0n) is 10.6. The first-order valence-corrected chi connectivity index (χ1v) is 5.94. The van der Waals surface area contributed by atoms with Crippen molar-refractivity contribution >= 4 is 11.8 Å². The van der Waals surface area contributed by atoms with Crippen LogP contribution in [0.4, 0.5) is 0 Å². The van der Waals surface area contributed by atoms with Crippen molar-refractivity contribution in [2.24, 2.45) is 0 Å². The Morgan fingerprint density at radius 2 is 2.00 bits per heavy atom. The Morgan fingerprint density at radius 3 is 2.58 bits per heavy atom. The van der Waals surface area contributed by atoms with Crippen LogP contribution in [-0.2, 0) is 20.7 Å². The van der Waals surface area contributed by atoms with Crippen LogP contribution in [0.3, 0.4) is 0 Å². The number of amides is 2. The van der Waals surface area contributed by atoms with E-state index in [0.29, 0.717) is 0 Å². The third-order valence-corrected chi connectivity index (χ3v) is 3.14. The molecule has 19 heavy (non-hydrogen) atoms. The van der Waals surface area contributed by atoms with Gasteiger partial charge in [-0.15, -0.1) is 0 Å². The van der Waals surface area contributed by atoms with Gasteiger partial charge in [-0.1, -0.05) is 30.3 Å². The van der Waals surface area contributed by atoms with Gasteiger partial charge in [-0.05, 0) is 5.56 Å². The van der Waals surface area contributed by atoms with E-state index in [4.69, 9.17) is 9.84 Å². The average Bonchev–Trinajstić information content (AvgIpc) is 2.43. The van der Waals surface area contributed by atoms with E-state index in [9.17, 15) is 9.59 Å². The number of rotatable bonds is 4. The molecule has 1 aromatic carbocycles. The van der Waals surface area contributed by atoms with Crippen molar-refractivity contribution in [1.29, 1.82) is 0 Å². The highest BCUT2D eigenvalue weighted by atomic mass is 16.5. The fourth-order valence-electron chi connectivity index (χ4n) is 2.04. The molecule has 6 heteroatoms. The van der Waals surface area contributed by atoms with Crippen LogP contribution in [0.1, 0.15) is 5.56 Å². The number of carbonyl (C=O) groups excluding carboxylic acids is 2. The number of aliphatic hydroxyl groups excluding tert-OH is 1. The van der Waals surface area contributed by atoms with E-state index in [-0.39, 0.29) is 6.42 Å². The van der Waals surface area contributed by atoms with Gasteiger partial charge in [0.1, 0.15) is 6.04 Å². The second-order valence-electron chi connectivity index (χ2n) is 4.39. The van der Waals surface area contributed by atoms with Gasteiger partial charge in [-0.25, -0.2) is 0 Å². The molecule has 2 atom stereocenters. The quantitative estimate of drug-likeness (QED) is 0.663. The minimum absolute atomic E-state index is 0.222. The summed E-state index contributed by atoms with van der Waals surface area (Å²) in [5, 5.41) is 14.0. The molecule has 1 fully saturated rings. The van der Waals surface area contributed by atoms with Crippen LogP contribution >= 0.6 is 0 Å². The van der Waals surface area contributed by atoms with Crippen molar-refractivity contribution in [2.75, 3.05) is 13.7 Å². The molecule has 0 aromatic heterocycles. The lowest BCUT2D eigenvalue weighted by Gasteiger charge is -2.38. The molecule has 2 rings (SSSR count). The Morgan fingerprint density at radius 1 is 1.32 bits per heavy atom. The van der Waals surface area contributed by atoms with Crippen molar-refractivity contribution in [1.82, 2.24) is 10.6 Å². The van der Waals surface area contributed by atoms with Crippen LogP contribution in [-0.4, -0.2) is 42.4 Å². The van der Waals surface area contributed by atoms with Gasteiger partial charge in [0.05, 0.1) is 6.61 Å². The normalized spacial score (nSPS) is 26.7. The molecular weight excluding hydrogens is 248 g/mol. The summed E-state index contributed by atoms with van der Waals surface area (Å²) in [5.41, 5.74) is -0.563. The standard InChI is InChI=1S/C13H16N2O4/c1-19-13(7-9-5-3-2-4-6-9)12(18)14-10(8-16)11(17)15-13/h2-6,10,16H,7-8H2,1H3,(H,14,18)(H,15,17)/t10-,13+/m0/s1. The Balaban J connectivity index is 2.23. The van der Waals surface area contributed by atoms with Crippen molar-refractivity contribution < 1.29 is 19.4 Å². The van der Waals surface area contributed by atoms with Gasteiger partial charge in [0.2, 0.25) is 11.6 Å². The number of benzene rings is 1. The summed E-state index contributed by atoms with van der Waals surface area (Å²) in [6.07, 6.45) is 0.222. The zero-order chi connectivity index (χ0) is 13.9. The number of hydrogen-bond acceptors (Lipinski definition) is 4. The first-order valence-electron chi connectivity index (χ1n) is 5.94. The molecule has 1 aromatic rings. The highest BCUT2D eigenvalue weighted by Gasteiger charge is 2.46. The predicted octanol–water partition coefficient (Wildman–Crippen LogP) is -0.821. The molecule has 1 heterocycles. The van der Waals surface area contributed by atoms with Crippen LogP contribution in [0, 0.1) is 0 Å². The number of piperazine rings is 1. The molecule has 1 aliphatic rings. The van der Waals surface area contributed by atoms with Gasteiger partial charge in [0, 0.05) is 13.5 Å². The number of nitrogens with one attached hydrogen (secondary N) is 2. The SMILES string of the molecule is CO[C@@]1(Cc2ccccc2)NC(=O)[C@H](CO)NC1=O. The topological polar surface area (TPSA) is 87.7 Å². The predicted molar refractivity (Wildman–Crippen MR) is 67.0 cm³/mol. The Kier molecular flexibility index (Phi) is 3.82. The maximum Gasteiger partial charge on any atom is 0.274 e. The van der Waals surface area contributed by atoms with Crippen LogP contribution in [0.2, 0.25) is 0 Å². The molecule has 3 N–H and O–H groups in total. The third-order valence-electron chi connectivity index (χ3n) is 3.14. The third kappa shape index (κ3) is 2.59. The van der Waals surface area contributed by atoms with Crippen LogP contribution < -0.4 is 10.6 Å². The van der Waals surface area contributed by atoms with Crippen LogP contribution in [0.5, 0.6) is 0 Å². The molecule has 102 valence electrons. The molecule has 6 nitrogen and oxygen atoms in total. The molecular formula is C13H16N2O4. The summed E-state index contributed by atoms with van der Waals surface area (Å²) in [7, 11) is 1.36. The van der Waals surface area contributed by atoms with Crippen molar-refractivity contribution in [3.8, 4) is 0 Å². The van der Waals surface area contributed by atoms with Gasteiger partial charge < -0.3 is 20.5 Å². The van der Waals surface area contributed by atoms with Gasteiger partial charge in [0.25, 0.3) is 5.91 Å². The number of hydrogen-bond donors (Lipinski definition) is 3. The fraction of sp³-hybridized carbons (Fsp3) is 0.385. The number of aliphatic hydroxyl groups is 1. The van der Waals surface area contributed by atoms with E-state index in [2.05, 4.69) is 10.6 Å². The van der Waals surface area contributed by atoms with E-state index < -0.39 is 30.2 Å². The van der Waals surface area contributed by atoms with Crippen molar-refractivity contribution in [3.63, 3.8) is 0 Å². The zero-order valence-corrected chi connectivity index (χ0v) is 10.6. The van der Waals surface area contributed by atoms with Crippen molar-refractivity contribution in [2.45, 2.75) is 18.2 Å². The molecule has 0 radical (unpaired) electrons. The number of carbonyl (C=O) groups is 2. The summed E-state index contributed by atoms with van der Waals surface area (Å²) >= 11 is 0. The van der Waals surface area contributed by atoms with Gasteiger partial charge in [-0.2, -0.15) is 0 Å². The number of methoxy groups -OCH3 is 1. The second kappa shape index (κ2) is 5.38. The van der Waals surface area contributed by atoms with Crippen molar-refractivity contribution in [3.05, 3.63) is 35.9 Å². The molecule has 0 saturated carbocycles. The summed E-state index contributed by atoms with van der Waals surface area (Å²) in [4.78, 5) is 23.9. The molecule has 1 saturated heterocycles. The maximum absolute atomic E-state index is 12.1. The lowest BCUT2D eigenvalue weighted by molar-refractivity contribution is -0.162. The first kappa shape index (κ1) is 13.5. The lowest BCUT2D eigenvalue weighted by atomic mass is 9.98. The molecule has 2 amide bonds. The van der Waals surface area contributed by atoms with Crippen LogP contribution in [0.15, 0.2) is 30.3 Å². The minimum Gasteiger partial charge on any atom is -0.394 e. The minimum atomic E-state index is -1.43. The maximum atomic E-state index is 12.1. The summed E-state index contributed by atoms with van der Waals surface area (Å²) in [6.45, 7) is -0.442. The summed E-state index contributed by atoms with van der Waals surface area (Å²) in [5.74, 6) is -0.919. The highest BCUT2D eigenvalue weighted by molar-refractivity contribution is 5.99. The van der Waals surface area contributed by atoms with E-state index in [1.54, 1.807) is 0 Å². The molecule has 1 aliphatic heterocycles. The molecule has 0 aliphatic carbocycles. The average molecular weight is 264 g/mol. The Hall–Kier alpha value is -1.92. The van der Waals surface area contributed by atoms with E-state index >= 15 is 0 Å². The van der Waals surface area contributed by atoms with Gasteiger partial charge in [-0.3, -0.25) is 9.59 Å². The smallest absolute Gasteiger partial charge is 0.274 e. The second-order valence-corrected chi connectivity index (χ2v) is 4.39.